The summed E-state index contributed by atoms with van der Waals surface area (Å²) in [7, 11) is 0. The molecule has 2 aromatic carbocycles. The van der Waals surface area contributed by atoms with Crippen LogP contribution in [0.5, 0.6) is 0 Å². The number of fused-ring (bicyclic) bond motifs is 3. The number of hydrogen-bond acceptors (Lipinski definition) is 4. The molecular formula is C24H26N4O. The minimum absolute atomic E-state index is 0.0549. The Bertz CT molecular complexity index is 1090. The zero-order valence-electron chi connectivity index (χ0n) is 16.8. The fourth-order valence-electron chi connectivity index (χ4n) is 4.55. The first-order valence-electron chi connectivity index (χ1n) is 10.4. The van der Waals surface area contributed by atoms with Crippen molar-refractivity contribution in [2.75, 3.05) is 18.0 Å². The highest BCUT2D eigenvalue weighted by Crippen LogP contribution is 2.27. The third-order valence-corrected chi connectivity index (χ3v) is 6.17. The fraction of sp³-hybridized carbons (Fsp3) is 0.333. The summed E-state index contributed by atoms with van der Waals surface area (Å²) < 4.78 is 2.29. The first kappa shape index (κ1) is 18.1. The molecule has 0 N–H and O–H groups in total. The first-order valence-corrected chi connectivity index (χ1v) is 10.4. The molecule has 0 atom stereocenters. The van der Waals surface area contributed by atoms with Crippen molar-refractivity contribution in [2.24, 2.45) is 0 Å². The highest BCUT2D eigenvalue weighted by atomic mass is 16.1. The number of aromatic nitrogens is 2. The molecule has 0 radical (unpaired) electrons. The van der Waals surface area contributed by atoms with Crippen molar-refractivity contribution in [3.63, 3.8) is 0 Å². The largest absolute Gasteiger partial charge is 0.336 e. The van der Waals surface area contributed by atoms with Crippen LogP contribution in [-0.4, -0.2) is 27.5 Å². The topological polar surface area (TPSA) is 41.4 Å². The smallest absolute Gasteiger partial charge is 0.279 e. The maximum Gasteiger partial charge on any atom is 0.279 e. The van der Waals surface area contributed by atoms with Crippen LogP contribution in [0.3, 0.4) is 0 Å². The van der Waals surface area contributed by atoms with Gasteiger partial charge in [-0.3, -0.25) is 9.69 Å². The maximum atomic E-state index is 12.9. The average Bonchev–Trinajstić information content (AvgIpc) is 3.13. The van der Waals surface area contributed by atoms with Gasteiger partial charge < -0.3 is 9.47 Å². The molecule has 0 fully saturated rings. The quantitative estimate of drug-likeness (QED) is 0.691. The standard InChI is InChI=1S/C24H26N4O/c1-18-7-5-6-10-20(18)16-27-13-14-28-22-11-12-26(15-19-8-3-2-4-9-19)17-21(22)23(29)25-24(27)28/h2-10H,11-17H2,1H3. The van der Waals surface area contributed by atoms with Crippen LogP contribution >= 0.6 is 0 Å². The van der Waals surface area contributed by atoms with Crippen molar-refractivity contribution >= 4 is 5.95 Å². The van der Waals surface area contributed by atoms with E-state index in [1.54, 1.807) is 0 Å². The molecule has 5 nitrogen and oxygen atoms in total. The van der Waals surface area contributed by atoms with Gasteiger partial charge in [0.15, 0.2) is 0 Å². The molecular weight excluding hydrogens is 360 g/mol. The molecule has 0 saturated heterocycles. The van der Waals surface area contributed by atoms with Crippen LogP contribution in [-0.2, 0) is 32.6 Å². The van der Waals surface area contributed by atoms with Crippen LogP contribution in [0.15, 0.2) is 59.4 Å². The lowest BCUT2D eigenvalue weighted by atomic mass is 10.1. The van der Waals surface area contributed by atoms with E-state index in [-0.39, 0.29) is 5.56 Å². The van der Waals surface area contributed by atoms with Crippen molar-refractivity contribution in [3.8, 4) is 0 Å². The van der Waals surface area contributed by atoms with Crippen LogP contribution in [0, 0.1) is 6.92 Å². The number of hydrogen-bond donors (Lipinski definition) is 0. The van der Waals surface area contributed by atoms with Gasteiger partial charge in [-0.2, -0.15) is 4.98 Å². The van der Waals surface area contributed by atoms with E-state index in [9.17, 15) is 4.79 Å². The molecule has 29 heavy (non-hydrogen) atoms. The minimum atomic E-state index is -0.0549. The first-order chi connectivity index (χ1) is 14.2. The van der Waals surface area contributed by atoms with Gasteiger partial charge in [0.2, 0.25) is 5.95 Å². The Morgan fingerprint density at radius 2 is 1.72 bits per heavy atom. The second-order valence-corrected chi connectivity index (χ2v) is 8.09. The lowest BCUT2D eigenvalue weighted by molar-refractivity contribution is 0.239. The van der Waals surface area contributed by atoms with Gasteiger partial charge in [0, 0.05) is 51.4 Å². The second kappa shape index (κ2) is 7.48. The molecule has 2 aliphatic rings. The molecule has 1 aromatic heterocycles. The van der Waals surface area contributed by atoms with E-state index in [1.807, 2.05) is 6.07 Å². The highest BCUT2D eigenvalue weighted by molar-refractivity contribution is 5.42. The lowest BCUT2D eigenvalue weighted by Crippen LogP contribution is -2.37. The maximum absolute atomic E-state index is 12.9. The highest BCUT2D eigenvalue weighted by Gasteiger charge is 2.29. The van der Waals surface area contributed by atoms with Crippen molar-refractivity contribution in [1.29, 1.82) is 0 Å². The Morgan fingerprint density at radius 3 is 2.55 bits per heavy atom. The molecule has 2 aliphatic heterocycles. The van der Waals surface area contributed by atoms with Gasteiger partial charge in [0.1, 0.15) is 0 Å². The van der Waals surface area contributed by atoms with Crippen LogP contribution in [0.25, 0.3) is 0 Å². The van der Waals surface area contributed by atoms with Crippen molar-refractivity contribution < 1.29 is 0 Å². The molecule has 0 spiro atoms. The van der Waals surface area contributed by atoms with E-state index in [0.717, 1.165) is 50.7 Å². The Kier molecular flexibility index (Phi) is 4.68. The van der Waals surface area contributed by atoms with Gasteiger partial charge in [-0.25, -0.2) is 0 Å². The van der Waals surface area contributed by atoms with Crippen LogP contribution in [0.1, 0.15) is 27.9 Å². The van der Waals surface area contributed by atoms with E-state index in [4.69, 9.17) is 0 Å². The van der Waals surface area contributed by atoms with Gasteiger partial charge in [-0.05, 0) is 23.6 Å². The molecule has 0 amide bonds. The molecule has 148 valence electrons. The molecule has 0 saturated carbocycles. The number of nitrogens with zero attached hydrogens (tertiary/aromatic N) is 4. The van der Waals surface area contributed by atoms with Gasteiger partial charge in [0.05, 0.1) is 5.56 Å². The van der Waals surface area contributed by atoms with Crippen molar-refractivity contribution in [1.82, 2.24) is 14.5 Å². The van der Waals surface area contributed by atoms with Gasteiger partial charge >= 0.3 is 0 Å². The third-order valence-electron chi connectivity index (χ3n) is 6.17. The Labute approximate surface area is 171 Å². The Hall–Kier alpha value is -2.92. The summed E-state index contributed by atoms with van der Waals surface area (Å²) >= 11 is 0. The minimum Gasteiger partial charge on any atom is -0.336 e. The van der Waals surface area contributed by atoms with E-state index in [1.165, 1.54) is 22.4 Å². The van der Waals surface area contributed by atoms with E-state index >= 15 is 0 Å². The van der Waals surface area contributed by atoms with Gasteiger partial charge in [-0.15, -0.1) is 0 Å². The lowest BCUT2D eigenvalue weighted by Gasteiger charge is -2.30. The number of anilines is 1. The summed E-state index contributed by atoms with van der Waals surface area (Å²) in [6.45, 7) is 7.30. The van der Waals surface area contributed by atoms with E-state index in [0.29, 0.717) is 6.54 Å². The zero-order chi connectivity index (χ0) is 19.8. The summed E-state index contributed by atoms with van der Waals surface area (Å²) in [5.41, 5.74) is 5.88. The third kappa shape index (κ3) is 3.47. The fourth-order valence-corrected chi connectivity index (χ4v) is 4.55. The van der Waals surface area contributed by atoms with Crippen LogP contribution in [0.2, 0.25) is 0 Å². The summed E-state index contributed by atoms with van der Waals surface area (Å²) in [5.74, 6) is 0.841. The monoisotopic (exact) mass is 386 g/mol. The van der Waals surface area contributed by atoms with E-state index in [2.05, 4.69) is 74.8 Å². The van der Waals surface area contributed by atoms with Gasteiger partial charge in [-0.1, -0.05) is 54.6 Å². The normalized spacial score (nSPS) is 16.0. The number of benzene rings is 2. The predicted octanol–water partition coefficient (Wildman–Crippen LogP) is 3.13. The van der Waals surface area contributed by atoms with Crippen LogP contribution in [0.4, 0.5) is 5.95 Å². The summed E-state index contributed by atoms with van der Waals surface area (Å²) in [4.78, 5) is 22.0. The summed E-state index contributed by atoms with van der Waals surface area (Å²) in [5, 5.41) is 0. The SMILES string of the molecule is Cc1ccccc1CN1CCn2c1nc(=O)c1c2CCN(Cc2ccccc2)C1. The average molecular weight is 386 g/mol. The molecule has 3 heterocycles. The van der Waals surface area contributed by atoms with Gasteiger partial charge in [0.25, 0.3) is 5.56 Å². The number of aryl methyl sites for hydroxylation is 1. The number of rotatable bonds is 4. The second-order valence-electron chi connectivity index (χ2n) is 8.09. The summed E-state index contributed by atoms with van der Waals surface area (Å²) in [6, 6.07) is 18.9. The molecule has 0 bridgehead atoms. The molecule has 0 unspecified atom stereocenters. The molecule has 5 rings (SSSR count). The molecule has 3 aromatic rings. The Morgan fingerprint density at radius 1 is 0.931 bits per heavy atom. The van der Waals surface area contributed by atoms with Crippen molar-refractivity contribution in [2.45, 2.75) is 39.5 Å². The molecule has 5 heteroatoms. The Balaban J connectivity index is 1.40. The van der Waals surface area contributed by atoms with Crippen molar-refractivity contribution in [3.05, 3.63) is 92.9 Å². The molecule has 0 aliphatic carbocycles. The zero-order valence-corrected chi connectivity index (χ0v) is 16.8. The predicted molar refractivity (Wildman–Crippen MR) is 115 cm³/mol. The van der Waals surface area contributed by atoms with E-state index < -0.39 is 0 Å². The van der Waals surface area contributed by atoms with Crippen LogP contribution < -0.4 is 10.5 Å². The summed E-state index contributed by atoms with van der Waals surface area (Å²) in [6.07, 6.45) is 0.908.